The monoisotopic (exact) mass is 402 g/mol. The fourth-order valence-electron chi connectivity index (χ4n) is 3.51. The predicted molar refractivity (Wildman–Crippen MR) is 98.2 cm³/mol. The van der Waals surface area contributed by atoms with Gasteiger partial charge >= 0.3 is 0 Å². The van der Waals surface area contributed by atoms with Crippen LogP contribution >= 0.6 is 0 Å². The van der Waals surface area contributed by atoms with Crippen molar-refractivity contribution < 1.29 is 38.6 Å². The lowest BCUT2D eigenvalue weighted by molar-refractivity contribution is -0.152. The van der Waals surface area contributed by atoms with E-state index in [9.17, 15) is 10.2 Å². The Morgan fingerprint density at radius 3 is 1.75 bits per heavy atom. The molecule has 0 aliphatic carbocycles. The van der Waals surface area contributed by atoms with E-state index in [-0.39, 0.29) is 12.2 Å². The van der Waals surface area contributed by atoms with Crippen LogP contribution in [0.3, 0.4) is 0 Å². The third kappa shape index (κ3) is 7.50. The SMILES string of the molecule is O[C@@H]([C@H](OCC1CO1)[C@H](O)CCCC1CO1)[C@H](CCCC1CO1)OCC1CO1. The zero-order valence-corrected chi connectivity index (χ0v) is 16.4. The lowest BCUT2D eigenvalue weighted by Gasteiger charge is -2.33. The first-order valence-electron chi connectivity index (χ1n) is 10.7. The second-order valence-corrected chi connectivity index (χ2v) is 8.41. The average molecular weight is 402 g/mol. The molecule has 4 fully saturated rings. The summed E-state index contributed by atoms with van der Waals surface area (Å²) < 4.78 is 32.8. The standard InChI is InChI=1S/C20H34O8/c21-17(5-1-3-13-7-23-13)20(28-12-16-10-26-16)19(22)18(27-11-15-9-25-15)6-2-4-14-8-24-14/h13-22H,1-12H2/t13?,14?,15?,16?,17-,18+,19-,20-/m1/s1. The topological polar surface area (TPSA) is 109 Å². The number of rotatable bonds is 17. The molecule has 0 aromatic heterocycles. The first kappa shape index (κ1) is 20.9. The zero-order chi connectivity index (χ0) is 19.3. The molecule has 0 saturated carbocycles. The van der Waals surface area contributed by atoms with Crippen molar-refractivity contribution >= 4 is 0 Å². The molecule has 4 heterocycles. The first-order valence-corrected chi connectivity index (χ1v) is 10.7. The third-order valence-electron chi connectivity index (χ3n) is 5.72. The van der Waals surface area contributed by atoms with E-state index in [1.54, 1.807) is 0 Å². The van der Waals surface area contributed by atoms with Crippen LogP contribution < -0.4 is 0 Å². The van der Waals surface area contributed by atoms with Gasteiger partial charge in [0.1, 0.15) is 24.4 Å². The highest BCUT2D eigenvalue weighted by Crippen LogP contribution is 2.25. The molecule has 28 heavy (non-hydrogen) atoms. The normalized spacial score (nSPS) is 34.5. The molecule has 0 amide bonds. The predicted octanol–water partition coefficient (Wildman–Crippen LogP) is 0.414. The summed E-state index contributed by atoms with van der Waals surface area (Å²) >= 11 is 0. The summed E-state index contributed by atoms with van der Waals surface area (Å²) in [7, 11) is 0. The molecule has 8 nitrogen and oxygen atoms in total. The minimum atomic E-state index is -0.898. The molecule has 0 aromatic carbocycles. The second kappa shape index (κ2) is 10.1. The van der Waals surface area contributed by atoms with Gasteiger partial charge in [0.05, 0.1) is 64.1 Å². The average Bonchev–Trinajstić information content (AvgIpc) is 3.53. The molecule has 0 bridgehead atoms. The van der Waals surface area contributed by atoms with Crippen molar-refractivity contribution in [2.75, 3.05) is 39.6 Å². The number of epoxide rings is 4. The molecule has 8 heteroatoms. The van der Waals surface area contributed by atoms with Crippen molar-refractivity contribution in [3.63, 3.8) is 0 Å². The maximum absolute atomic E-state index is 11.1. The minimum absolute atomic E-state index is 0.0769. The highest BCUT2D eigenvalue weighted by Gasteiger charge is 2.37. The van der Waals surface area contributed by atoms with Crippen LogP contribution in [-0.2, 0) is 28.4 Å². The van der Waals surface area contributed by atoms with Gasteiger partial charge in [-0.05, 0) is 38.5 Å². The fourth-order valence-corrected chi connectivity index (χ4v) is 3.51. The van der Waals surface area contributed by atoms with Crippen LogP contribution in [0.5, 0.6) is 0 Å². The van der Waals surface area contributed by atoms with E-state index in [0.717, 1.165) is 38.9 Å². The van der Waals surface area contributed by atoms with E-state index in [1.165, 1.54) is 0 Å². The summed E-state index contributed by atoms with van der Waals surface area (Å²) in [6.07, 6.45) is 3.12. The van der Waals surface area contributed by atoms with Crippen LogP contribution in [0.25, 0.3) is 0 Å². The van der Waals surface area contributed by atoms with E-state index >= 15 is 0 Å². The third-order valence-corrected chi connectivity index (χ3v) is 5.72. The molecule has 4 rings (SSSR count). The second-order valence-electron chi connectivity index (χ2n) is 8.41. The zero-order valence-electron chi connectivity index (χ0n) is 16.4. The summed E-state index contributed by atoms with van der Waals surface area (Å²) in [5.74, 6) is 0. The van der Waals surface area contributed by atoms with E-state index in [2.05, 4.69) is 0 Å². The number of aliphatic hydroxyl groups excluding tert-OH is 2. The van der Waals surface area contributed by atoms with Crippen molar-refractivity contribution in [3.8, 4) is 0 Å². The van der Waals surface area contributed by atoms with E-state index in [0.29, 0.717) is 51.5 Å². The van der Waals surface area contributed by atoms with Crippen LogP contribution in [0, 0.1) is 0 Å². The van der Waals surface area contributed by atoms with Crippen LogP contribution in [0.2, 0.25) is 0 Å². The highest BCUT2D eigenvalue weighted by atomic mass is 16.6. The van der Waals surface area contributed by atoms with Crippen LogP contribution in [0.15, 0.2) is 0 Å². The Morgan fingerprint density at radius 2 is 1.21 bits per heavy atom. The van der Waals surface area contributed by atoms with Gasteiger partial charge in [-0.25, -0.2) is 0 Å². The van der Waals surface area contributed by atoms with Crippen LogP contribution in [0.4, 0.5) is 0 Å². The molecule has 2 N–H and O–H groups in total. The molecule has 0 spiro atoms. The Balaban J connectivity index is 1.29. The Morgan fingerprint density at radius 1 is 0.714 bits per heavy atom. The first-order chi connectivity index (χ1) is 13.7. The maximum Gasteiger partial charge on any atom is 0.112 e. The van der Waals surface area contributed by atoms with Gasteiger partial charge in [-0.3, -0.25) is 0 Å². The quantitative estimate of drug-likeness (QED) is 0.337. The molecular weight excluding hydrogens is 368 g/mol. The van der Waals surface area contributed by atoms with Gasteiger partial charge in [0.25, 0.3) is 0 Å². The lowest BCUT2D eigenvalue weighted by atomic mass is 9.95. The van der Waals surface area contributed by atoms with Gasteiger partial charge in [0.2, 0.25) is 0 Å². The van der Waals surface area contributed by atoms with Gasteiger partial charge in [0.15, 0.2) is 0 Å². The fraction of sp³-hybridized carbons (Fsp3) is 1.00. The summed E-state index contributed by atoms with van der Waals surface area (Å²) in [6, 6.07) is 0. The summed E-state index contributed by atoms with van der Waals surface area (Å²) in [5.41, 5.74) is 0. The number of aliphatic hydroxyl groups is 2. The lowest BCUT2D eigenvalue weighted by Crippen LogP contribution is -2.48. The summed E-state index contributed by atoms with van der Waals surface area (Å²) in [5, 5.41) is 21.8. The Bertz CT molecular complexity index is 461. The number of hydrogen-bond donors (Lipinski definition) is 2. The highest BCUT2D eigenvalue weighted by molar-refractivity contribution is 4.86. The smallest absolute Gasteiger partial charge is 0.112 e. The largest absolute Gasteiger partial charge is 0.390 e. The molecular formula is C20H34O8. The molecule has 4 aliphatic heterocycles. The molecule has 8 atom stereocenters. The van der Waals surface area contributed by atoms with Crippen molar-refractivity contribution in [1.29, 1.82) is 0 Å². The maximum atomic E-state index is 11.1. The van der Waals surface area contributed by atoms with Gasteiger partial charge in [-0.15, -0.1) is 0 Å². The number of ether oxygens (including phenoxy) is 6. The minimum Gasteiger partial charge on any atom is -0.390 e. The molecule has 4 unspecified atom stereocenters. The van der Waals surface area contributed by atoms with Crippen molar-refractivity contribution in [1.82, 2.24) is 0 Å². The Labute approximate surface area is 166 Å². The Hall–Kier alpha value is -0.320. The molecule has 162 valence electrons. The molecule has 0 aromatic rings. The summed E-state index contributed by atoms with van der Waals surface area (Å²) in [4.78, 5) is 0. The summed E-state index contributed by atoms with van der Waals surface area (Å²) in [6.45, 7) is 3.90. The van der Waals surface area contributed by atoms with E-state index in [4.69, 9.17) is 28.4 Å². The van der Waals surface area contributed by atoms with Gasteiger partial charge in [-0.2, -0.15) is 0 Å². The molecule has 4 aliphatic rings. The van der Waals surface area contributed by atoms with Crippen molar-refractivity contribution in [3.05, 3.63) is 0 Å². The number of hydrogen-bond acceptors (Lipinski definition) is 8. The van der Waals surface area contributed by atoms with Gasteiger partial charge in [-0.1, -0.05) is 0 Å². The molecule has 0 radical (unpaired) electrons. The van der Waals surface area contributed by atoms with Crippen LogP contribution in [0.1, 0.15) is 38.5 Å². The molecule has 4 saturated heterocycles. The van der Waals surface area contributed by atoms with Crippen molar-refractivity contribution in [2.24, 2.45) is 0 Å². The van der Waals surface area contributed by atoms with E-state index in [1.807, 2.05) is 0 Å². The Kier molecular flexibility index (Phi) is 7.57. The van der Waals surface area contributed by atoms with Crippen LogP contribution in [-0.4, -0.2) is 98.7 Å². The van der Waals surface area contributed by atoms with Gasteiger partial charge < -0.3 is 38.6 Å². The van der Waals surface area contributed by atoms with Crippen molar-refractivity contribution in [2.45, 2.75) is 87.4 Å². The van der Waals surface area contributed by atoms with Gasteiger partial charge in [0, 0.05) is 0 Å². The van der Waals surface area contributed by atoms with E-state index < -0.39 is 24.4 Å².